The van der Waals surface area contributed by atoms with Crippen LogP contribution in [0, 0.1) is 17.8 Å². The van der Waals surface area contributed by atoms with E-state index < -0.39 is 66.3 Å². The number of rotatable bonds is 8. The summed E-state index contributed by atoms with van der Waals surface area (Å²) in [7, 11) is 0. The molecule has 1 saturated carbocycles. The molecule has 0 aliphatic heterocycles. The van der Waals surface area contributed by atoms with Gasteiger partial charge in [-0.1, -0.05) is 75.2 Å². The van der Waals surface area contributed by atoms with Crippen molar-refractivity contribution in [3.63, 3.8) is 0 Å². The predicted octanol–water partition coefficient (Wildman–Crippen LogP) is 3.34. The van der Waals surface area contributed by atoms with Gasteiger partial charge in [0, 0.05) is 5.92 Å². The number of esters is 1. The van der Waals surface area contributed by atoms with Crippen molar-refractivity contribution in [1.82, 2.24) is 4.90 Å². The molecule has 4 heteroatoms. The summed E-state index contributed by atoms with van der Waals surface area (Å²) < 4.78 is 85.8. The second-order valence-corrected chi connectivity index (χ2v) is 6.10. The van der Waals surface area contributed by atoms with E-state index in [1.807, 2.05) is 5.92 Å². The molecule has 0 amide bonds. The van der Waals surface area contributed by atoms with Crippen LogP contribution in [0.4, 0.5) is 0 Å². The zero-order valence-corrected chi connectivity index (χ0v) is 15.2. The standard InChI is InChI=1S/C22H31NO3/c1-3-23(4-2)17-11-12-18-26-21(24)22(25,19-13-7-5-8-14-19)20-15-9-6-10-16-20/h5,7-8,13-14,20,25H,3-4,6,9-10,15-18H2,1-2H3/i5D,7D,8D,13D,14D,17D2,18D2,25D. The van der Waals surface area contributed by atoms with Gasteiger partial charge in [0.2, 0.25) is 1.43 Å². The lowest BCUT2D eigenvalue weighted by molar-refractivity contribution is -0.174. The molecule has 4 nitrogen and oxygen atoms in total. The summed E-state index contributed by atoms with van der Waals surface area (Å²) in [4.78, 5) is 14.9. The summed E-state index contributed by atoms with van der Waals surface area (Å²) >= 11 is 0. The van der Waals surface area contributed by atoms with E-state index in [1.165, 1.54) is 4.90 Å². The molecular weight excluding hydrogens is 326 g/mol. The number of carbonyl (C=O) groups is 1. The third kappa shape index (κ3) is 5.09. The van der Waals surface area contributed by atoms with E-state index in [-0.39, 0.29) is 0 Å². The lowest BCUT2D eigenvalue weighted by Crippen LogP contribution is -2.45. The van der Waals surface area contributed by atoms with Crippen molar-refractivity contribution in [2.45, 2.75) is 51.6 Å². The van der Waals surface area contributed by atoms with Gasteiger partial charge in [-0.25, -0.2) is 4.79 Å². The first-order valence-corrected chi connectivity index (χ1v) is 8.94. The molecule has 1 atom stereocenters. The van der Waals surface area contributed by atoms with Crippen LogP contribution >= 0.6 is 0 Å². The van der Waals surface area contributed by atoms with Crippen LogP contribution in [0.1, 0.15) is 63.9 Å². The van der Waals surface area contributed by atoms with Gasteiger partial charge in [0.15, 0.2) is 12.2 Å². The number of aliphatic hydroxyl groups is 1. The molecule has 2 rings (SSSR count). The molecule has 0 bridgehead atoms. The van der Waals surface area contributed by atoms with Crippen molar-refractivity contribution in [3.8, 4) is 11.8 Å². The number of nitrogens with zero attached hydrogens (tertiary/aromatic N) is 1. The van der Waals surface area contributed by atoms with Crippen LogP contribution in [0.25, 0.3) is 0 Å². The van der Waals surface area contributed by atoms with Crippen molar-refractivity contribution in [1.29, 1.82) is 1.43 Å². The van der Waals surface area contributed by atoms with E-state index in [0.717, 1.165) is 6.42 Å². The van der Waals surface area contributed by atoms with E-state index in [0.29, 0.717) is 38.8 Å². The van der Waals surface area contributed by atoms with E-state index in [2.05, 4.69) is 5.92 Å². The van der Waals surface area contributed by atoms with Crippen molar-refractivity contribution >= 4 is 5.97 Å². The van der Waals surface area contributed by atoms with E-state index in [4.69, 9.17) is 23.6 Å². The molecule has 142 valence electrons. The Labute approximate surface area is 171 Å². The average Bonchev–Trinajstić information content (AvgIpc) is 2.84. The fourth-order valence-electron chi connectivity index (χ4n) is 3.08. The van der Waals surface area contributed by atoms with E-state index >= 15 is 0 Å². The van der Waals surface area contributed by atoms with Crippen LogP contribution in [-0.2, 0) is 15.1 Å². The van der Waals surface area contributed by atoms with Gasteiger partial charge in [-0.15, -0.1) is 0 Å². The lowest BCUT2D eigenvalue weighted by Gasteiger charge is -2.36. The van der Waals surface area contributed by atoms with Crippen LogP contribution in [0.2, 0.25) is 0 Å². The van der Waals surface area contributed by atoms with Gasteiger partial charge in [0.1, 0.15) is 0 Å². The zero-order chi connectivity index (χ0) is 27.5. The molecule has 1 aliphatic carbocycles. The number of hydrogen-bond acceptors (Lipinski definition) is 4. The molecule has 26 heavy (non-hydrogen) atoms. The maximum absolute atomic E-state index is 13.6. The largest absolute Gasteiger partial charge is 0.450 e. The Morgan fingerprint density at radius 3 is 2.62 bits per heavy atom. The van der Waals surface area contributed by atoms with E-state index in [1.54, 1.807) is 13.8 Å². The molecule has 0 saturated heterocycles. The van der Waals surface area contributed by atoms with Gasteiger partial charge in [0.05, 0.1) is 18.8 Å². The van der Waals surface area contributed by atoms with Crippen molar-refractivity contribution < 1.29 is 27.0 Å². The summed E-state index contributed by atoms with van der Waals surface area (Å²) in [5.74, 6) is 1.86. The number of benzene rings is 1. The first-order valence-electron chi connectivity index (χ1n) is 13.9. The molecular formula is C22H31NO3. The quantitative estimate of drug-likeness (QED) is 0.565. The second-order valence-electron chi connectivity index (χ2n) is 6.10. The molecule has 0 spiro atoms. The normalized spacial score (nSPS) is 23.8. The minimum atomic E-state index is -3.02. The van der Waals surface area contributed by atoms with Crippen molar-refractivity contribution in [3.05, 3.63) is 35.8 Å². The number of hydrogen-bond donors (Lipinski definition) is 1. The highest BCUT2D eigenvalue weighted by atomic mass is 16.5. The third-order valence-corrected chi connectivity index (χ3v) is 4.59. The minimum Gasteiger partial charge on any atom is -0.450 e. The molecule has 1 aromatic carbocycles. The fourth-order valence-corrected chi connectivity index (χ4v) is 3.08. The summed E-state index contributed by atoms with van der Waals surface area (Å²) in [6.07, 6.45) is 2.70. The van der Waals surface area contributed by atoms with Crippen LogP contribution < -0.4 is 0 Å². The first kappa shape index (κ1) is 10.5. The highest BCUT2D eigenvalue weighted by Crippen LogP contribution is 2.40. The third-order valence-electron chi connectivity index (χ3n) is 4.59. The van der Waals surface area contributed by atoms with Crippen LogP contribution in [0.15, 0.2) is 30.2 Å². The maximum atomic E-state index is 13.6. The van der Waals surface area contributed by atoms with Gasteiger partial charge in [0.25, 0.3) is 0 Å². The number of carbonyl (C=O) groups excluding carboxylic acids is 1. The lowest BCUT2D eigenvalue weighted by atomic mass is 9.73. The molecule has 0 heterocycles. The predicted molar refractivity (Wildman–Crippen MR) is 103 cm³/mol. The van der Waals surface area contributed by atoms with Crippen LogP contribution in [0.5, 0.6) is 0 Å². The minimum absolute atomic E-state index is 0.300. The Bertz CT molecular complexity index is 1000. The summed E-state index contributed by atoms with van der Waals surface area (Å²) in [6, 6.07) is -3.65. The van der Waals surface area contributed by atoms with Crippen LogP contribution in [0.3, 0.4) is 0 Å². The molecule has 1 aliphatic rings. The molecule has 1 aromatic rings. The Hall–Kier alpha value is -1.83. The SMILES string of the molecule is [2H]OC(C(=O)OC([2H])([2H])C#CC([2H])([2H])N(CC)CC)(c1c([2H])c([2H])c([2H])c([2H])c1[2H])C1CCCCC1. The van der Waals surface area contributed by atoms with Gasteiger partial charge in [-0.05, 0) is 31.5 Å². The molecule has 1 N–H and O–H groups in total. The number of ether oxygens (including phenoxy) is 1. The highest BCUT2D eigenvalue weighted by molar-refractivity contribution is 5.81. The summed E-state index contributed by atoms with van der Waals surface area (Å²) in [6.45, 7) is -1.22. The topological polar surface area (TPSA) is 49.8 Å². The van der Waals surface area contributed by atoms with Crippen molar-refractivity contribution in [2.75, 3.05) is 26.1 Å². The smallest absolute Gasteiger partial charge is 0.344 e. The fraction of sp³-hybridized carbons (Fsp3) is 0.591. The molecule has 0 aromatic heterocycles. The Balaban J connectivity index is 2.64. The molecule has 1 unspecified atom stereocenters. The monoisotopic (exact) mass is 367 g/mol. The zero-order valence-electron chi connectivity index (χ0n) is 25.2. The van der Waals surface area contributed by atoms with E-state index in [9.17, 15) is 4.79 Å². The Kier molecular flexibility index (Phi) is 4.18. The van der Waals surface area contributed by atoms with Crippen molar-refractivity contribution in [2.24, 2.45) is 5.92 Å². The molecule has 0 radical (unpaired) electrons. The maximum Gasteiger partial charge on any atom is 0.344 e. The average molecular weight is 368 g/mol. The Morgan fingerprint density at radius 2 is 2.00 bits per heavy atom. The van der Waals surface area contributed by atoms with Crippen LogP contribution in [-0.4, -0.2) is 43.6 Å². The summed E-state index contributed by atoms with van der Waals surface area (Å²) in [5.41, 5.74) is -3.11. The van der Waals surface area contributed by atoms with Gasteiger partial charge >= 0.3 is 5.97 Å². The highest BCUT2D eigenvalue weighted by Gasteiger charge is 2.46. The van der Waals surface area contributed by atoms with Gasteiger partial charge in [-0.2, -0.15) is 0 Å². The van der Waals surface area contributed by atoms with Gasteiger partial charge in [-0.3, -0.25) is 4.90 Å². The second kappa shape index (κ2) is 10.4. The summed E-state index contributed by atoms with van der Waals surface area (Å²) in [5, 5.41) is 4.91. The van der Waals surface area contributed by atoms with Gasteiger partial charge < -0.3 is 9.85 Å². The first-order chi connectivity index (χ1) is 16.7. The molecule has 1 fully saturated rings. The Morgan fingerprint density at radius 1 is 1.31 bits per heavy atom.